The Labute approximate surface area is 147 Å². The average molecular weight is 337 g/mol. The summed E-state index contributed by atoms with van der Waals surface area (Å²) < 4.78 is 0. The van der Waals surface area contributed by atoms with Gasteiger partial charge in [-0.05, 0) is 38.5 Å². The largest absolute Gasteiger partial charge is 0.392 e. The number of nitrogens with zero attached hydrogens (tertiary/aromatic N) is 2. The van der Waals surface area contributed by atoms with E-state index in [0.717, 1.165) is 64.5 Å². The molecule has 2 N–H and O–H groups in total. The molecule has 0 radical (unpaired) electrons. The second-order valence-electron chi connectivity index (χ2n) is 7.56. The second kappa shape index (κ2) is 11.8. The summed E-state index contributed by atoms with van der Waals surface area (Å²) in [4.78, 5) is 9.01. The summed E-state index contributed by atoms with van der Waals surface area (Å²) in [7, 11) is 0. The predicted octanol–water partition coefficient (Wildman–Crippen LogP) is 3.79. The molecule has 0 aromatic carbocycles. The molecule has 0 aromatic heterocycles. The Kier molecular flexibility index (Phi) is 9.59. The fourth-order valence-electron chi connectivity index (χ4n) is 3.81. The van der Waals surface area contributed by atoms with E-state index < -0.39 is 0 Å². The molecule has 2 aliphatic carbocycles. The van der Waals surface area contributed by atoms with Gasteiger partial charge in [-0.25, -0.2) is 0 Å². The van der Waals surface area contributed by atoms with Crippen LogP contribution in [0.2, 0.25) is 0 Å². The average Bonchev–Trinajstić information content (AvgIpc) is 2.59. The maximum absolute atomic E-state index is 9.88. The van der Waals surface area contributed by atoms with Crippen LogP contribution in [0.5, 0.6) is 0 Å². The zero-order valence-electron chi connectivity index (χ0n) is 15.2. The van der Waals surface area contributed by atoms with Gasteiger partial charge in [0.15, 0.2) is 0 Å². The summed E-state index contributed by atoms with van der Waals surface area (Å²) >= 11 is 0. The third-order valence-corrected chi connectivity index (χ3v) is 5.48. The summed E-state index contributed by atoms with van der Waals surface area (Å²) in [6.07, 6.45) is 17.2. The van der Waals surface area contributed by atoms with E-state index in [1.54, 1.807) is 0 Å². The fraction of sp³-hybridized carbons (Fsp3) is 0.900. The minimum Gasteiger partial charge on any atom is -0.392 e. The minimum absolute atomic E-state index is 0.164. The van der Waals surface area contributed by atoms with Crippen molar-refractivity contribution in [3.8, 4) is 0 Å². The van der Waals surface area contributed by atoms with Gasteiger partial charge in [0.05, 0.1) is 12.2 Å². The first-order chi connectivity index (χ1) is 11.8. The van der Waals surface area contributed by atoms with Crippen LogP contribution in [0.4, 0.5) is 0 Å². The minimum atomic E-state index is -0.164. The second-order valence-corrected chi connectivity index (χ2v) is 7.56. The Morgan fingerprint density at radius 2 is 1.04 bits per heavy atom. The highest BCUT2D eigenvalue weighted by Gasteiger charge is 2.21. The van der Waals surface area contributed by atoms with Crippen LogP contribution in [0.3, 0.4) is 0 Å². The quantitative estimate of drug-likeness (QED) is 0.497. The van der Waals surface area contributed by atoms with Crippen molar-refractivity contribution in [3.05, 3.63) is 0 Å². The zero-order chi connectivity index (χ0) is 17.0. The smallest absolute Gasteiger partial charge is 0.0617 e. The Morgan fingerprint density at radius 3 is 1.46 bits per heavy atom. The zero-order valence-corrected chi connectivity index (χ0v) is 15.2. The highest BCUT2D eigenvalue weighted by molar-refractivity contribution is 5.62. The van der Waals surface area contributed by atoms with Gasteiger partial charge in [-0.3, -0.25) is 9.98 Å². The van der Waals surface area contributed by atoms with Crippen LogP contribution in [0, 0.1) is 11.8 Å². The van der Waals surface area contributed by atoms with Crippen molar-refractivity contribution in [1.82, 2.24) is 0 Å². The van der Waals surface area contributed by atoms with Crippen molar-refractivity contribution in [2.24, 2.45) is 21.8 Å². The summed E-state index contributed by atoms with van der Waals surface area (Å²) in [5.41, 5.74) is 0. The monoisotopic (exact) mass is 336 g/mol. The van der Waals surface area contributed by atoms with Crippen LogP contribution in [0.1, 0.15) is 77.0 Å². The Bertz CT molecular complexity index is 348. The lowest BCUT2D eigenvalue weighted by molar-refractivity contribution is 0.103. The SMILES string of the molecule is OC1CCCCC1C=NCCCCCCN=CC1CCCCC1O. The molecule has 0 heterocycles. The van der Waals surface area contributed by atoms with Crippen molar-refractivity contribution < 1.29 is 10.2 Å². The van der Waals surface area contributed by atoms with Crippen molar-refractivity contribution in [2.45, 2.75) is 89.3 Å². The molecule has 4 unspecified atom stereocenters. The molecule has 4 nitrogen and oxygen atoms in total. The van der Waals surface area contributed by atoms with Crippen LogP contribution in [-0.4, -0.2) is 47.9 Å². The molecule has 138 valence electrons. The molecular formula is C20H36N2O2. The lowest BCUT2D eigenvalue weighted by Gasteiger charge is -2.24. The highest BCUT2D eigenvalue weighted by atomic mass is 16.3. The molecule has 2 fully saturated rings. The summed E-state index contributed by atoms with van der Waals surface area (Å²) in [6, 6.07) is 0. The van der Waals surface area contributed by atoms with Gasteiger partial charge < -0.3 is 10.2 Å². The lowest BCUT2D eigenvalue weighted by Crippen LogP contribution is -2.25. The van der Waals surface area contributed by atoms with E-state index in [0.29, 0.717) is 11.8 Å². The van der Waals surface area contributed by atoms with Gasteiger partial charge in [-0.2, -0.15) is 0 Å². The summed E-state index contributed by atoms with van der Waals surface area (Å²) in [5, 5.41) is 19.8. The number of hydrogen-bond acceptors (Lipinski definition) is 4. The molecule has 0 aromatic rings. The molecule has 0 saturated heterocycles. The first kappa shape index (κ1) is 19.6. The van der Waals surface area contributed by atoms with E-state index in [9.17, 15) is 10.2 Å². The standard InChI is InChI=1S/C20H36N2O2/c23-19-11-5-3-9-17(19)15-21-13-7-1-2-8-14-22-16-18-10-4-6-12-20(18)24/h15-20,23-24H,1-14H2. The van der Waals surface area contributed by atoms with E-state index in [1.807, 2.05) is 12.4 Å². The Balaban J connectivity index is 1.44. The molecule has 24 heavy (non-hydrogen) atoms. The molecule has 0 spiro atoms. The van der Waals surface area contributed by atoms with Gasteiger partial charge in [0, 0.05) is 37.4 Å². The maximum atomic E-state index is 9.88. The van der Waals surface area contributed by atoms with E-state index in [4.69, 9.17) is 0 Å². The van der Waals surface area contributed by atoms with Crippen LogP contribution in [0.15, 0.2) is 9.98 Å². The van der Waals surface area contributed by atoms with Gasteiger partial charge in [0.2, 0.25) is 0 Å². The number of hydrogen-bond donors (Lipinski definition) is 2. The lowest BCUT2D eigenvalue weighted by atomic mass is 9.87. The van der Waals surface area contributed by atoms with E-state index in [-0.39, 0.29) is 12.2 Å². The molecule has 4 heteroatoms. The third kappa shape index (κ3) is 7.43. The van der Waals surface area contributed by atoms with Gasteiger partial charge in [-0.1, -0.05) is 38.5 Å². The topological polar surface area (TPSA) is 65.2 Å². The van der Waals surface area contributed by atoms with E-state index in [1.165, 1.54) is 25.7 Å². The number of aliphatic hydroxyl groups is 2. The van der Waals surface area contributed by atoms with Crippen LogP contribution in [-0.2, 0) is 0 Å². The fourth-order valence-corrected chi connectivity index (χ4v) is 3.81. The van der Waals surface area contributed by atoms with Gasteiger partial charge >= 0.3 is 0 Å². The number of aliphatic hydroxyl groups excluding tert-OH is 2. The number of aliphatic imine (C=N–C) groups is 2. The molecule has 0 bridgehead atoms. The van der Waals surface area contributed by atoms with Crippen molar-refractivity contribution in [2.75, 3.05) is 13.1 Å². The molecule has 4 atom stereocenters. The first-order valence-corrected chi connectivity index (χ1v) is 10.1. The number of rotatable bonds is 9. The normalized spacial score (nSPS) is 31.9. The van der Waals surface area contributed by atoms with E-state index >= 15 is 0 Å². The third-order valence-electron chi connectivity index (χ3n) is 5.48. The van der Waals surface area contributed by atoms with Crippen molar-refractivity contribution >= 4 is 12.4 Å². The van der Waals surface area contributed by atoms with Crippen LogP contribution < -0.4 is 0 Å². The Hall–Kier alpha value is -0.740. The van der Waals surface area contributed by atoms with Crippen molar-refractivity contribution in [1.29, 1.82) is 0 Å². The Morgan fingerprint density at radius 1 is 0.625 bits per heavy atom. The molecular weight excluding hydrogens is 300 g/mol. The molecule has 0 amide bonds. The van der Waals surface area contributed by atoms with E-state index in [2.05, 4.69) is 9.98 Å². The van der Waals surface area contributed by atoms with Gasteiger partial charge in [-0.15, -0.1) is 0 Å². The molecule has 2 aliphatic rings. The van der Waals surface area contributed by atoms with Gasteiger partial charge in [0.25, 0.3) is 0 Å². The highest BCUT2D eigenvalue weighted by Crippen LogP contribution is 2.23. The summed E-state index contributed by atoms with van der Waals surface area (Å²) in [6.45, 7) is 1.78. The molecule has 0 aliphatic heterocycles. The van der Waals surface area contributed by atoms with Crippen LogP contribution >= 0.6 is 0 Å². The first-order valence-electron chi connectivity index (χ1n) is 10.1. The molecule has 2 rings (SSSR count). The van der Waals surface area contributed by atoms with Gasteiger partial charge in [0.1, 0.15) is 0 Å². The molecule has 2 saturated carbocycles. The van der Waals surface area contributed by atoms with Crippen LogP contribution in [0.25, 0.3) is 0 Å². The summed E-state index contributed by atoms with van der Waals surface area (Å²) in [5.74, 6) is 0.589. The van der Waals surface area contributed by atoms with Crippen molar-refractivity contribution in [3.63, 3.8) is 0 Å². The predicted molar refractivity (Wildman–Crippen MR) is 101 cm³/mol. The maximum Gasteiger partial charge on any atom is 0.0617 e. The number of unbranched alkanes of at least 4 members (excludes halogenated alkanes) is 3.